The first-order chi connectivity index (χ1) is 11.8. The van der Waals surface area contributed by atoms with Gasteiger partial charge in [0.1, 0.15) is 0 Å². The zero-order valence-corrected chi connectivity index (χ0v) is 16.3. The second-order valence-electron chi connectivity index (χ2n) is 9.68. The molecule has 0 aromatic carbocycles. The van der Waals surface area contributed by atoms with E-state index in [1.807, 2.05) is 6.92 Å². The minimum Gasteiger partial charge on any atom is -0.435 e. The van der Waals surface area contributed by atoms with Crippen LogP contribution in [0.4, 0.5) is 0 Å². The fourth-order valence-corrected chi connectivity index (χ4v) is 6.36. The largest absolute Gasteiger partial charge is 0.435 e. The molecule has 6 atom stereocenters. The Morgan fingerprint density at radius 1 is 1.20 bits per heavy atom. The van der Waals surface area contributed by atoms with Crippen molar-refractivity contribution in [2.75, 3.05) is 7.11 Å². The Bertz CT molecular complexity index is 607. The monoisotopic (exact) mass is 348 g/mol. The molecule has 4 aliphatic rings. The van der Waals surface area contributed by atoms with Gasteiger partial charge in [-0.25, -0.2) is 0 Å². The number of methoxy groups -OCH3 is 1. The lowest BCUT2D eigenvalue weighted by Gasteiger charge is -2.49. The van der Waals surface area contributed by atoms with Crippen LogP contribution >= 0.6 is 0 Å². The third-order valence-electron chi connectivity index (χ3n) is 7.27. The Hall–Kier alpha value is -0.870. The Morgan fingerprint density at radius 3 is 2.64 bits per heavy atom. The molecule has 0 unspecified atom stereocenters. The lowest BCUT2D eigenvalue weighted by atomic mass is 9.56. The molecular formula is C21H32O4. The van der Waals surface area contributed by atoms with Gasteiger partial charge in [-0.1, -0.05) is 32.8 Å². The smallest absolute Gasteiger partial charge is 0.315 e. The van der Waals surface area contributed by atoms with E-state index in [0.717, 1.165) is 12.8 Å². The fourth-order valence-electron chi connectivity index (χ4n) is 6.36. The summed E-state index contributed by atoms with van der Waals surface area (Å²) in [7, 11) is 1.69. The Labute approximate surface area is 151 Å². The fraction of sp³-hybridized carbons (Fsp3) is 0.857. The third kappa shape index (κ3) is 2.68. The maximum atomic E-state index is 12.5. The normalized spacial score (nSPS) is 46.0. The first-order valence-corrected chi connectivity index (χ1v) is 9.88. The maximum Gasteiger partial charge on any atom is 0.315 e. The van der Waals surface area contributed by atoms with Crippen LogP contribution in [0.1, 0.15) is 66.2 Å². The molecule has 4 rings (SSSR count). The van der Waals surface area contributed by atoms with E-state index in [0.29, 0.717) is 11.3 Å². The first kappa shape index (κ1) is 17.5. The Morgan fingerprint density at radius 2 is 1.96 bits per heavy atom. The molecule has 1 saturated carbocycles. The Balaban J connectivity index is 1.79. The molecule has 0 N–H and O–H groups in total. The average Bonchev–Trinajstić information content (AvgIpc) is 2.89. The highest BCUT2D eigenvalue weighted by Crippen LogP contribution is 2.59. The number of esters is 1. The van der Waals surface area contributed by atoms with E-state index in [2.05, 4.69) is 20.8 Å². The van der Waals surface area contributed by atoms with E-state index >= 15 is 0 Å². The molecule has 2 aliphatic heterocycles. The molecule has 0 amide bonds. The van der Waals surface area contributed by atoms with Crippen LogP contribution in [0.5, 0.6) is 0 Å². The molecule has 140 valence electrons. The van der Waals surface area contributed by atoms with Crippen molar-refractivity contribution < 1.29 is 19.0 Å². The summed E-state index contributed by atoms with van der Waals surface area (Å²) in [4.78, 5) is 12.5. The van der Waals surface area contributed by atoms with Crippen molar-refractivity contribution in [1.29, 1.82) is 0 Å². The summed E-state index contributed by atoms with van der Waals surface area (Å²) < 4.78 is 17.1. The van der Waals surface area contributed by atoms with E-state index < -0.39 is 6.29 Å². The van der Waals surface area contributed by atoms with E-state index in [-0.39, 0.29) is 29.5 Å². The van der Waals surface area contributed by atoms with E-state index in [1.54, 1.807) is 7.11 Å². The lowest BCUT2D eigenvalue weighted by molar-refractivity contribution is -0.215. The van der Waals surface area contributed by atoms with Gasteiger partial charge in [0, 0.05) is 13.0 Å². The molecule has 4 heteroatoms. The molecule has 0 spiro atoms. The van der Waals surface area contributed by atoms with Gasteiger partial charge in [0.15, 0.2) is 6.29 Å². The molecule has 0 radical (unpaired) electrons. The van der Waals surface area contributed by atoms with Gasteiger partial charge in [-0.15, -0.1) is 0 Å². The maximum absolute atomic E-state index is 12.5. The molecule has 3 fully saturated rings. The van der Waals surface area contributed by atoms with Crippen molar-refractivity contribution in [2.24, 2.45) is 28.6 Å². The zero-order valence-electron chi connectivity index (χ0n) is 16.3. The van der Waals surface area contributed by atoms with Crippen molar-refractivity contribution in [3.63, 3.8) is 0 Å². The quantitative estimate of drug-likeness (QED) is 0.547. The summed E-state index contributed by atoms with van der Waals surface area (Å²) in [6, 6.07) is 0. The van der Waals surface area contributed by atoms with Gasteiger partial charge < -0.3 is 14.2 Å². The lowest BCUT2D eigenvalue weighted by Crippen LogP contribution is -2.44. The van der Waals surface area contributed by atoms with Gasteiger partial charge in [-0.05, 0) is 55.4 Å². The summed E-state index contributed by atoms with van der Waals surface area (Å²) >= 11 is 0. The highest BCUT2D eigenvalue weighted by Gasteiger charge is 2.57. The van der Waals surface area contributed by atoms with Crippen molar-refractivity contribution in [1.82, 2.24) is 0 Å². The van der Waals surface area contributed by atoms with Gasteiger partial charge in [0.25, 0.3) is 0 Å². The molecule has 25 heavy (non-hydrogen) atoms. The molecule has 0 aromatic rings. The number of carbonyl (C=O) groups excluding carboxylic acids is 1. The van der Waals surface area contributed by atoms with Crippen LogP contribution in [0.15, 0.2) is 11.1 Å². The molecule has 0 bridgehead atoms. The number of ether oxygens (including phenoxy) is 3. The van der Waals surface area contributed by atoms with Crippen LogP contribution in [0.2, 0.25) is 0 Å². The van der Waals surface area contributed by atoms with Gasteiger partial charge in [-0.3, -0.25) is 4.79 Å². The SMILES string of the molecule is CO[C@H]1O[C@H]2OC(=O)[C@H](C)C3=C([C@@]4(C)CCCC(C)(C)C4)CC[C@@H]1[C@H]32. The van der Waals surface area contributed by atoms with Crippen LogP contribution in [-0.2, 0) is 19.0 Å². The van der Waals surface area contributed by atoms with E-state index in [4.69, 9.17) is 14.2 Å². The summed E-state index contributed by atoms with van der Waals surface area (Å²) in [5, 5.41) is 0. The van der Waals surface area contributed by atoms with E-state index in [9.17, 15) is 4.79 Å². The van der Waals surface area contributed by atoms with Crippen LogP contribution in [0, 0.1) is 28.6 Å². The third-order valence-corrected chi connectivity index (χ3v) is 7.27. The average molecular weight is 348 g/mol. The second kappa shape index (κ2) is 5.82. The predicted octanol–water partition coefficient (Wildman–Crippen LogP) is 4.44. The van der Waals surface area contributed by atoms with Gasteiger partial charge in [0.05, 0.1) is 11.8 Å². The minimum absolute atomic E-state index is 0.134. The van der Waals surface area contributed by atoms with Crippen molar-refractivity contribution in [3.8, 4) is 0 Å². The molecule has 2 aliphatic carbocycles. The summed E-state index contributed by atoms with van der Waals surface area (Å²) in [5.74, 6) is 0.206. The number of allylic oxidation sites excluding steroid dienone is 1. The van der Waals surface area contributed by atoms with Crippen LogP contribution in [0.25, 0.3) is 0 Å². The number of rotatable bonds is 2. The van der Waals surface area contributed by atoms with Gasteiger partial charge in [0.2, 0.25) is 6.29 Å². The van der Waals surface area contributed by atoms with E-state index in [1.165, 1.54) is 36.8 Å². The standard InChI is InChI=1S/C21H32O4/c1-12-15-14(21(4)10-6-9-20(2,3)11-21)8-7-13-16(15)19(24-17(12)22)25-18(13)23-5/h12-13,16,18-19H,6-11H2,1-5H3/t12-,13-,16-,18+,19-,21+/m1/s1. The zero-order chi connectivity index (χ0) is 18.0. The van der Waals surface area contributed by atoms with Crippen LogP contribution in [0.3, 0.4) is 0 Å². The van der Waals surface area contributed by atoms with Gasteiger partial charge in [-0.2, -0.15) is 0 Å². The molecule has 2 saturated heterocycles. The summed E-state index contributed by atoms with van der Waals surface area (Å²) in [6.07, 6.45) is 6.44. The molecular weight excluding hydrogens is 316 g/mol. The Kier molecular flexibility index (Phi) is 4.08. The van der Waals surface area contributed by atoms with Crippen LogP contribution < -0.4 is 0 Å². The number of hydrogen-bond acceptors (Lipinski definition) is 4. The number of carbonyl (C=O) groups is 1. The topological polar surface area (TPSA) is 44.8 Å². The minimum atomic E-state index is -0.454. The molecule has 2 heterocycles. The van der Waals surface area contributed by atoms with Crippen LogP contribution in [-0.4, -0.2) is 25.7 Å². The molecule has 0 aromatic heterocycles. The molecule has 4 nitrogen and oxygen atoms in total. The highest BCUT2D eigenvalue weighted by molar-refractivity contribution is 5.77. The van der Waals surface area contributed by atoms with Gasteiger partial charge >= 0.3 is 5.97 Å². The van der Waals surface area contributed by atoms with Crippen molar-refractivity contribution in [2.45, 2.75) is 78.8 Å². The van der Waals surface area contributed by atoms with Crippen molar-refractivity contribution >= 4 is 5.97 Å². The predicted molar refractivity (Wildman–Crippen MR) is 94.5 cm³/mol. The number of hydrogen-bond donors (Lipinski definition) is 0. The van der Waals surface area contributed by atoms with Crippen molar-refractivity contribution in [3.05, 3.63) is 11.1 Å². The first-order valence-electron chi connectivity index (χ1n) is 9.88. The highest BCUT2D eigenvalue weighted by atomic mass is 16.8. The second-order valence-corrected chi connectivity index (χ2v) is 9.68. The summed E-state index contributed by atoms with van der Waals surface area (Å²) in [5.41, 5.74) is 3.44. The summed E-state index contributed by atoms with van der Waals surface area (Å²) in [6.45, 7) is 9.24.